The number of anilines is 2. The molecule has 9 heteroatoms. The summed E-state index contributed by atoms with van der Waals surface area (Å²) in [4.78, 5) is 26.6. The summed E-state index contributed by atoms with van der Waals surface area (Å²) in [7, 11) is 0. The molecular weight excluding hydrogens is 526 g/mol. The number of carbonyl (C=O) groups excluding carboxylic acids is 1. The van der Waals surface area contributed by atoms with Crippen LogP contribution in [0.25, 0.3) is 22.5 Å². The Morgan fingerprint density at radius 1 is 1.00 bits per heavy atom. The number of carbonyl (C=O) groups is 1. The molecule has 0 saturated carbocycles. The predicted molar refractivity (Wildman–Crippen MR) is 162 cm³/mol. The number of nitrogens with two attached hydrogens (primary N) is 1. The van der Waals surface area contributed by atoms with Crippen LogP contribution < -0.4 is 16.4 Å². The summed E-state index contributed by atoms with van der Waals surface area (Å²) in [5.41, 5.74) is 12.4. The van der Waals surface area contributed by atoms with Crippen LogP contribution in [0.5, 0.6) is 5.75 Å². The van der Waals surface area contributed by atoms with Crippen LogP contribution >= 0.6 is 0 Å². The van der Waals surface area contributed by atoms with Crippen molar-refractivity contribution in [1.82, 2.24) is 20.3 Å². The molecule has 0 bridgehead atoms. The maximum absolute atomic E-state index is 13.2. The molecule has 0 aliphatic carbocycles. The highest BCUT2D eigenvalue weighted by Crippen LogP contribution is 2.28. The SMILES string of the molecule is Cc1ccc([C@H](C)NC(=O)c2cc(C#N)cnc2NCc2ccc(-c3cnc(N)c(-c4cccc(O)c4)n3)cc2)cc1. The Kier molecular flexibility index (Phi) is 8.07. The van der Waals surface area contributed by atoms with E-state index >= 15 is 0 Å². The van der Waals surface area contributed by atoms with Gasteiger partial charge in [0.05, 0.1) is 29.1 Å². The molecule has 0 fully saturated rings. The summed E-state index contributed by atoms with van der Waals surface area (Å²) in [6.07, 6.45) is 3.05. The largest absolute Gasteiger partial charge is 0.508 e. The van der Waals surface area contributed by atoms with E-state index in [-0.39, 0.29) is 23.5 Å². The van der Waals surface area contributed by atoms with Crippen molar-refractivity contribution in [2.24, 2.45) is 0 Å². The second-order valence-electron chi connectivity index (χ2n) is 9.93. The van der Waals surface area contributed by atoms with Gasteiger partial charge in [-0.2, -0.15) is 5.26 Å². The minimum atomic E-state index is -0.324. The van der Waals surface area contributed by atoms with Gasteiger partial charge in [-0.25, -0.2) is 15.0 Å². The normalized spacial score (nSPS) is 11.4. The second-order valence-corrected chi connectivity index (χ2v) is 9.93. The van der Waals surface area contributed by atoms with Crippen molar-refractivity contribution in [3.8, 4) is 34.3 Å². The zero-order valence-electron chi connectivity index (χ0n) is 23.2. The maximum Gasteiger partial charge on any atom is 0.255 e. The molecule has 42 heavy (non-hydrogen) atoms. The third-order valence-electron chi connectivity index (χ3n) is 6.82. The summed E-state index contributed by atoms with van der Waals surface area (Å²) >= 11 is 0. The fourth-order valence-electron chi connectivity index (χ4n) is 4.44. The minimum Gasteiger partial charge on any atom is -0.508 e. The highest BCUT2D eigenvalue weighted by Gasteiger charge is 2.17. The lowest BCUT2D eigenvalue weighted by Gasteiger charge is -2.17. The van der Waals surface area contributed by atoms with Crippen LogP contribution in [0.1, 0.15) is 45.6 Å². The standard InChI is InChI=1S/C33H29N7O2/c1-20-6-10-24(11-7-20)21(2)39-33(42)28-14-23(16-34)18-38-32(28)37-17-22-8-12-25(13-9-22)29-19-36-31(35)30(40-29)26-4-3-5-27(41)15-26/h3-15,18-19,21,41H,17H2,1-2H3,(H2,35,36)(H,37,38)(H,39,42)/t21-/m0/s1. The Morgan fingerprint density at radius 3 is 2.48 bits per heavy atom. The van der Waals surface area contributed by atoms with E-state index in [9.17, 15) is 15.2 Å². The fourth-order valence-corrected chi connectivity index (χ4v) is 4.44. The van der Waals surface area contributed by atoms with Crippen LogP contribution in [-0.2, 0) is 6.54 Å². The number of phenolic OH excluding ortho intramolecular Hbond substituents is 1. The molecule has 0 spiro atoms. The third kappa shape index (κ3) is 6.35. The van der Waals surface area contributed by atoms with Gasteiger partial charge in [0.1, 0.15) is 29.1 Å². The summed E-state index contributed by atoms with van der Waals surface area (Å²) in [6.45, 7) is 4.32. The zero-order chi connectivity index (χ0) is 29.6. The highest BCUT2D eigenvalue weighted by atomic mass is 16.3. The van der Waals surface area contributed by atoms with E-state index in [4.69, 9.17) is 5.73 Å². The number of rotatable bonds is 8. The van der Waals surface area contributed by atoms with Gasteiger partial charge in [-0.05, 0) is 43.2 Å². The molecule has 1 amide bonds. The van der Waals surface area contributed by atoms with Crippen molar-refractivity contribution >= 4 is 17.5 Å². The molecule has 1 atom stereocenters. The number of hydrogen-bond donors (Lipinski definition) is 4. The van der Waals surface area contributed by atoms with Gasteiger partial charge in [-0.1, -0.05) is 66.2 Å². The maximum atomic E-state index is 13.2. The number of hydrogen-bond acceptors (Lipinski definition) is 8. The van der Waals surface area contributed by atoms with E-state index in [2.05, 4.69) is 31.7 Å². The van der Waals surface area contributed by atoms with E-state index in [1.807, 2.05) is 68.4 Å². The number of nitrogen functional groups attached to an aromatic ring is 1. The molecular formula is C33H29N7O2. The number of amides is 1. The number of nitrogens with one attached hydrogen (secondary N) is 2. The monoisotopic (exact) mass is 555 g/mol. The van der Waals surface area contributed by atoms with Crippen LogP contribution in [0, 0.1) is 18.3 Å². The van der Waals surface area contributed by atoms with Crippen LogP contribution in [0.3, 0.4) is 0 Å². The molecule has 0 aliphatic rings. The Balaban J connectivity index is 1.31. The molecule has 0 saturated heterocycles. The molecule has 5 aromatic rings. The van der Waals surface area contributed by atoms with Gasteiger partial charge in [0, 0.05) is 23.9 Å². The average molecular weight is 556 g/mol. The fraction of sp³-hybridized carbons (Fsp3) is 0.121. The number of nitriles is 1. The number of aryl methyl sites for hydroxylation is 1. The van der Waals surface area contributed by atoms with E-state index < -0.39 is 0 Å². The summed E-state index contributed by atoms with van der Waals surface area (Å²) in [5, 5.41) is 25.5. The molecule has 9 nitrogen and oxygen atoms in total. The summed E-state index contributed by atoms with van der Waals surface area (Å²) < 4.78 is 0. The van der Waals surface area contributed by atoms with Crippen LogP contribution in [0.15, 0.2) is 91.3 Å². The third-order valence-corrected chi connectivity index (χ3v) is 6.82. The molecule has 2 heterocycles. The molecule has 2 aromatic heterocycles. The van der Waals surface area contributed by atoms with Crippen molar-refractivity contribution in [3.05, 3.63) is 119 Å². The van der Waals surface area contributed by atoms with Gasteiger partial charge < -0.3 is 21.5 Å². The zero-order valence-corrected chi connectivity index (χ0v) is 23.2. The van der Waals surface area contributed by atoms with Crippen LogP contribution in [0.2, 0.25) is 0 Å². The van der Waals surface area contributed by atoms with E-state index in [1.54, 1.807) is 30.5 Å². The van der Waals surface area contributed by atoms with Gasteiger partial charge in [0.15, 0.2) is 0 Å². The lowest BCUT2D eigenvalue weighted by molar-refractivity contribution is 0.0940. The Hall–Kier alpha value is -5.75. The number of aromatic hydroxyl groups is 1. The topological polar surface area (TPSA) is 150 Å². The van der Waals surface area contributed by atoms with Crippen molar-refractivity contribution in [3.63, 3.8) is 0 Å². The van der Waals surface area contributed by atoms with Gasteiger partial charge in [0.2, 0.25) is 0 Å². The minimum absolute atomic E-state index is 0.120. The number of nitrogens with zero attached hydrogens (tertiary/aromatic N) is 4. The molecule has 3 aromatic carbocycles. The van der Waals surface area contributed by atoms with Gasteiger partial charge >= 0.3 is 0 Å². The summed E-state index contributed by atoms with van der Waals surface area (Å²) in [5.74, 6) is 0.448. The first kappa shape index (κ1) is 27.8. The first-order valence-electron chi connectivity index (χ1n) is 13.3. The number of phenols is 1. The van der Waals surface area contributed by atoms with Crippen LogP contribution in [-0.4, -0.2) is 26.0 Å². The molecule has 0 radical (unpaired) electrons. The lowest BCUT2D eigenvalue weighted by atomic mass is 10.1. The quantitative estimate of drug-likeness (QED) is 0.188. The number of pyridine rings is 1. The van der Waals surface area contributed by atoms with Gasteiger partial charge in [-0.3, -0.25) is 4.79 Å². The first-order chi connectivity index (χ1) is 20.3. The van der Waals surface area contributed by atoms with Crippen molar-refractivity contribution in [1.29, 1.82) is 5.26 Å². The molecule has 0 unspecified atom stereocenters. The van der Waals surface area contributed by atoms with E-state index in [0.717, 1.165) is 22.3 Å². The average Bonchev–Trinajstić information content (AvgIpc) is 3.00. The molecule has 5 rings (SSSR count). The Bertz CT molecular complexity index is 1780. The van der Waals surface area contributed by atoms with Crippen LogP contribution in [0.4, 0.5) is 11.6 Å². The molecule has 0 aliphatic heterocycles. The van der Waals surface area contributed by atoms with Crippen molar-refractivity contribution in [2.45, 2.75) is 26.4 Å². The van der Waals surface area contributed by atoms with E-state index in [0.29, 0.717) is 40.4 Å². The van der Waals surface area contributed by atoms with Gasteiger partial charge in [-0.15, -0.1) is 0 Å². The summed E-state index contributed by atoms with van der Waals surface area (Å²) in [6, 6.07) is 25.8. The number of benzene rings is 3. The Labute approximate surface area is 243 Å². The van der Waals surface area contributed by atoms with Crippen molar-refractivity contribution < 1.29 is 9.90 Å². The molecule has 5 N–H and O–H groups in total. The number of aromatic nitrogens is 3. The molecule has 208 valence electrons. The van der Waals surface area contributed by atoms with Gasteiger partial charge in [0.25, 0.3) is 5.91 Å². The second kappa shape index (κ2) is 12.2. The van der Waals surface area contributed by atoms with Crippen molar-refractivity contribution in [2.75, 3.05) is 11.1 Å². The smallest absolute Gasteiger partial charge is 0.255 e. The lowest BCUT2D eigenvalue weighted by Crippen LogP contribution is -2.28. The predicted octanol–water partition coefficient (Wildman–Crippen LogP) is 5.78. The Morgan fingerprint density at radius 2 is 1.76 bits per heavy atom. The highest BCUT2D eigenvalue weighted by molar-refractivity contribution is 5.99. The van der Waals surface area contributed by atoms with E-state index in [1.165, 1.54) is 6.20 Å². The first-order valence-corrected chi connectivity index (χ1v) is 13.3.